The van der Waals surface area contributed by atoms with E-state index in [1.807, 2.05) is 0 Å². The first-order chi connectivity index (χ1) is 6.66. The summed E-state index contributed by atoms with van der Waals surface area (Å²) in [6.07, 6.45) is 2.61. The Labute approximate surface area is 97.0 Å². The Morgan fingerprint density at radius 2 is 1.53 bits per heavy atom. The van der Waals surface area contributed by atoms with Crippen molar-refractivity contribution in [2.45, 2.75) is 61.3 Å². The maximum atomic E-state index is 3.60. The highest BCUT2D eigenvalue weighted by molar-refractivity contribution is 4.75. The zero-order valence-electron chi connectivity index (χ0n) is 11.9. The SMILES string of the molecule is CCC(C)CC(C)(C)CNCC(C)(C)C. The second-order valence-corrected chi connectivity index (χ2v) is 7.05. The molecule has 0 aromatic heterocycles. The summed E-state index contributed by atoms with van der Waals surface area (Å²) in [6.45, 7) is 18.5. The molecule has 0 radical (unpaired) electrons. The van der Waals surface area contributed by atoms with Gasteiger partial charge in [0.05, 0.1) is 0 Å². The average Bonchev–Trinajstić information content (AvgIpc) is 2.00. The van der Waals surface area contributed by atoms with Crippen LogP contribution in [-0.2, 0) is 0 Å². The van der Waals surface area contributed by atoms with Gasteiger partial charge in [0, 0.05) is 13.1 Å². The Morgan fingerprint density at radius 1 is 1.00 bits per heavy atom. The van der Waals surface area contributed by atoms with Crippen molar-refractivity contribution in [1.82, 2.24) is 5.32 Å². The highest BCUT2D eigenvalue weighted by atomic mass is 14.9. The summed E-state index contributed by atoms with van der Waals surface area (Å²) in [5, 5.41) is 3.60. The molecule has 15 heavy (non-hydrogen) atoms. The Hall–Kier alpha value is -0.0400. The van der Waals surface area contributed by atoms with Crippen LogP contribution in [0.1, 0.15) is 61.3 Å². The number of rotatable bonds is 6. The molecule has 1 nitrogen and oxygen atoms in total. The minimum absolute atomic E-state index is 0.395. The molecule has 0 aliphatic heterocycles. The first kappa shape index (κ1) is 15.0. The number of hydrogen-bond donors (Lipinski definition) is 1. The summed E-state index contributed by atoms with van der Waals surface area (Å²) in [5.41, 5.74) is 0.827. The Kier molecular flexibility index (Phi) is 5.87. The van der Waals surface area contributed by atoms with Crippen LogP contribution >= 0.6 is 0 Å². The average molecular weight is 213 g/mol. The van der Waals surface area contributed by atoms with Crippen molar-refractivity contribution in [2.24, 2.45) is 16.7 Å². The fourth-order valence-corrected chi connectivity index (χ4v) is 1.94. The minimum Gasteiger partial charge on any atom is -0.316 e. The predicted octanol–water partition coefficient (Wildman–Crippen LogP) is 4.08. The monoisotopic (exact) mass is 213 g/mol. The van der Waals surface area contributed by atoms with Gasteiger partial charge in [-0.15, -0.1) is 0 Å². The molecule has 1 heteroatoms. The van der Waals surface area contributed by atoms with Crippen molar-refractivity contribution >= 4 is 0 Å². The molecule has 0 aromatic rings. The van der Waals surface area contributed by atoms with E-state index in [0.29, 0.717) is 10.8 Å². The second-order valence-electron chi connectivity index (χ2n) is 7.05. The lowest BCUT2D eigenvalue weighted by Crippen LogP contribution is -2.35. The van der Waals surface area contributed by atoms with Crippen LogP contribution < -0.4 is 5.32 Å². The van der Waals surface area contributed by atoms with Crippen LogP contribution in [0.5, 0.6) is 0 Å². The van der Waals surface area contributed by atoms with Gasteiger partial charge in [0.1, 0.15) is 0 Å². The lowest BCUT2D eigenvalue weighted by atomic mass is 9.82. The fourth-order valence-electron chi connectivity index (χ4n) is 1.94. The largest absolute Gasteiger partial charge is 0.316 e. The van der Waals surface area contributed by atoms with Gasteiger partial charge >= 0.3 is 0 Å². The molecule has 0 bridgehead atoms. The van der Waals surface area contributed by atoms with Crippen LogP contribution in [0.25, 0.3) is 0 Å². The molecule has 1 unspecified atom stereocenters. The predicted molar refractivity (Wildman–Crippen MR) is 70.2 cm³/mol. The lowest BCUT2D eigenvalue weighted by Gasteiger charge is -2.30. The molecule has 1 atom stereocenters. The molecule has 0 aromatic carbocycles. The van der Waals surface area contributed by atoms with Gasteiger partial charge in [-0.1, -0.05) is 54.9 Å². The summed E-state index contributed by atoms with van der Waals surface area (Å²) in [6, 6.07) is 0. The van der Waals surface area contributed by atoms with Crippen molar-refractivity contribution in [3.63, 3.8) is 0 Å². The van der Waals surface area contributed by atoms with Gasteiger partial charge in [0.25, 0.3) is 0 Å². The first-order valence-corrected chi connectivity index (χ1v) is 6.37. The molecule has 0 aliphatic carbocycles. The Bertz CT molecular complexity index is 165. The third kappa shape index (κ3) is 8.92. The highest BCUT2D eigenvalue weighted by Crippen LogP contribution is 2.26. The van der Waals surface area contributed by atoms with E-state index in [1.54, 1.807) is 0 Å². The third-order valence-corrected chi connectivity index (χ3v) is 2.86. The van der Waals surface area contributed by atoms with Crippen LogP contribution in [0.2, 0.25) is 0 Å². The van der Waals surface area contributed by atoms with Crippen LogP contribution in [0, 0.1) is 16.7 Å². The zero-order chi connectivity index (χ0) is 12.1. The van der Waals surface area contributed by atoms with E-state index in [4.69, 9.17) is 0 Å². The van der Waals surface area contributed by atoms with E-state index in [2.05, 4.69) is 53.8 Å². The maximum absolute atomic E-state index is 3.60. The van der Waals surface area contributed by atoms with Gasteiger partial charge in [-0.05, 0) is 23.2 Å². The van der Waals surface area contributed by atoms with Crippen molar-refractivity contribution < 1.29 is 0 Å². The van der Waals surface area contributed by atoms with Gasteiger partial charge in [-0.25, -0.2) is 0 Å². The van der Waals surface area contributed by atoms with E-state index >= 15 is 0 Å². The molecule has 0 amide bonds. The number of nitrogens with one attached hydrogen (secondary N) is 1. The van der Waals surface area contributed by atoms with E-state index < -0.39 is 0 Å². The summed E-state index contributed by atoms with van der Waals surface area (Å²) < 4.78 is 0. The van der Waals surface area contributed by atoms with Gasteiger partial charge < -0.3 is 5.32 Å². The minimum atomic E-state index is 0.395. The number of hydrogen-bond acceptors (Lipinski definition) is 1. The van der Waals surface area contributed by atoms with E-state index in [-0.39, 0.29) is 0 Å². The molecule has 0 spiro atoms. The molecular formula is C14H31N. The van der Waals surface area contributed by atoms with Gasteiger partial charge in [-0.3, -0.25) is 0 Å². The molecule has 0 heterocycles. The summed E-state index contributed by atoms with van der Waals surface area (Å²) in [4.78, 5) is 0. The van der Waals surface area contributed by atoms with Crippen molar-refractivity contribution in [3.05, 3.63) is 0 Å². The first-order valence-electron chi connectivity index (χ1n) is 6.37. The maximum Gasteiger partial charge on any atom is 0.000284 e. The molecule has 92 valence electrons. The molecule has 0 fully saturated rings. The molecule has 0 saturated heterocycles. The van der Waals surface area contributed by atoms with Crippen molar-refractivity contribution in [1.29, 1.82) is 0 Å². The standard InChI is InChI=1S/C14H31N/c1-8-12(2)9-14(6,7)11-15-10-13(3,4)5/h12,15H,8-11H2,1-7H3. The molecule has 0 saturated carbocycles. The summed E-state index contributed by atoms with van der Waals surface area (Å²) in [5.74, 6) is 0.844. The normalized spacial score (nSPS) is 15.4. The third-order valence-electron chi connectivity index (χ3n) is 2.86. The topological polar surface area (TPSA) is 12.0 Å². The van der Waals surface area contributed by atoms with Crippen molar-refractivity contribution in [3.8, 4) is 0 Å². The van der Waals surface area contributed by atoms with Gasteiger partial charge in [0.2, 0.25) is 0 Å². The molecule has 0 rings (SSSR count). The van der Waals surface area contributed by atoms with Gasteiger partial charge in [0.15, 0.2) is 0 Å². The van der Waals surface area contributed by atoms with E-state index in [9.17, 15) is 0 Å². The van der Waals surface area contributed by atoms with Crippen LogP contribution in [0.3, 0.4) is 0 Å². The van der Waals surface area contributed by atoms with Crippen molar-refractivity contribution in [2.75, 3.05) is 13.1 Å². The quantitative estimate of drug-likeness (QED) is 0.701. The summed E-state index contributed by atoms with van der Waals surface area (Å²) in [7, 11) is 0. The lowest BCUT2D eigenvalue weighted by molar-refractivity contribution is 0.246. The molecule has 0 aliphatic rings. The Morgan fingerprint density at radius 3 is 1.93 bits per heavy atom. The smallest absolute Gasteiger partial charge is 0.000284 e. The zero-order valence-corrected chi connectivity index (χ0v) is 11.9. The van der Waals surface area contributed by atoms with Crippen LogP contribution in [0.4, 0.5) is 0 Å². The highest BCUT2D eigenvalue weighted by Gasteiger charge is 2.21. The summed E-state index contributed by atoms with van der Waals surface area (Å²) >= 11 is 0. The fraction of sp³-hybridized carbons (Fsp3) is 1.00. The van der Waals surface area contributed by atoms with Crippen LogP contribution in [0.15, 0.2) is 0 Å². The van der Waals surface area contributed by atoms with Crippen LogP contribution in [-0.4, -0.2) is 13.1 Å². The molecule has 1 N–H and O–H groups in total. The molecular weight excluding hydrogens is 182 g/mol. The van der Waals surface area contributed by atoms with E-state index in [1.165, 1.54) is 12.8 Å². The Balaban J connectivity index is 3.84. The second kappa shape index (κ2) is 5.89. The van der Waals surface area contributed by atoms with Gasteiger partial charge in [-0.2, -0.15) is 0 Å². The van der Waals surface area contributed by atoms with E-state index in [0.717, 1.165) is 19.0 Å².